The molecule has 1 aromatic heterocycles. The van der Waals surface area contributed by atoms with Crippen LogP contribution in [0.1, 0.15) is 41.4 Å². The minimum absolute atomic E-state index is 0.316. The highest BCUT2D eigenvalue weighted by molar-refractivity contribution is 5.56. The maximum atomic E-state index is 6.25. The van der Waals surface area contributed by atoms with Gasteiger partial charge in [-0.15, -0.1) is 0 Å². The molecular formula is C20H24N4O. The molecule has 0 amide bonds. The molecule has 3 heterocycles. The molecule has 2 aromatic rings. The number of nitrogens with zero attached hydrogens (tertiary/aromatic N) is 2. The van der Waals surface area contributed by atoms with Gasteiger partial charge in [0.15, 0.2) is 0 Å². The van der Waals surface area contributed by atoms with Crippen molar-refractivity contribution in [3.63, 3.8) is 0 Å². The van der Waals surface area contributed by atoms with Crippen molar-refractivity contribution >= 4 is 5.69 Å². The Kier molecular flexibility index (Phi) is 3.82. The molecule has 0 radical (unpaired) electrons. The van der Waals surface area contributed by atoms with Gasteiger partial charge in [0.2, 0.25) is 5.88 Å². The molecule has 25 heavy (non-hydrogen) atoms. The monoisotopic (exact) mass is 336 g/mol. The lowest BCUT2D eigenvalue weighted by Crippen LogP contribution is -2.25. The first-order valence-corrected chi connectivity index (χ1v) is 9.44. The van der Waals surface area contributed by atoms with Gasteiger partial charge in [-0.3, -0.25) is 0 Å². The summed E-state index contributed by atoms with van der Waals surface area (Å²) in [5, 5.41) is 7.03. The van der Waals surface area contributed by atoms with E-state index in [0.29, 0.717) is 18.6 Å². The largest absolute Gasteiger partial charge is 0.475 e. The van der Waals surface area contributed by atoms with Crippen LogP contribution in [0.15, 0.2) is 24.3 Å². The first-order valence-electron chi connectivity index (χ1n) is 9.44. The Morgan fingerprint density at radius 1 is 1.08 bits per heavy atom. The molecule has 5 rings (SSSR count). The van der Waals surface area contributed by atoms with E-state index in [9.17, 15) is 0 Å². The van der Waals surface area contributed by atoms with Crippen LogP contribution in [0.25, 0.3) is 0 Å². The second kappa shape index (κ2) is 6.30. The van der Waals surface area contributed by atoms with Crippen molar-refractivity contribution in [3.05, 3.63) is 46.9 Å². The fraction of sp³-hybridized carbons (Fsp3) is 0.500. The maximum absolute atomic E-state index is 6.25. The third kappa shape index (κ3) is 3.09. The van der Waals surface area contributed by atoms with Gasteiger partial charge in [-0.2, -0.15) is 4.98 Å². The van der Waals surface area contributed by atoms with Gasteiger partial charge in [-0.25, -0.2) is 4.98 Å². The van der Waals surface area contributed by atoms with Gasteiger partial charge >= 0.3 is 0 Å². The summed E-state index contributed by atoms with van der Waals surface area (Å²) in [5.41, 5.74) is 5.02. The van der Waals surface area contributed by atoms with Crippen LogP contribution in [0.5, 0.6) is 5.88 Å². The molecule has 1 atom stereocenters. The molecule has 1 unspecified atom stereocenters. The predicted octanol–water partition coefficient (Wildman–Crippen LogP) is 2.46. The SMILES string of the molecule is c1ccc2c(c1)CC(COc1nc(C3CC3)nc3c1CCNCC3)N2. The Morgan fingerprint density at radius 2 is 1.96 bits per heavy atom. The topological polar surface area (TPSA) is 59.1 Å². The lowest BCUT2D eigenvalue weighted by molar-refractivity contribution is 0.283. The minimum Gasteiger partial charge on any atom is -0.475 e. The van der Waals surface area contributed by atoms with Gasteiger partial charge < -0.3 is 15.4 Å². The van der Waals surface area contributed by atoms with E-state index in [-0.39, 0.29) is 0 Å². The fourth-order valence-electron chi connectivity index (χ4n) is 3.83. The van der Waals surface area contributed by atoms with E-state index in [1.54, 1.807) is 0 Å². The van der Waals surface area contributed by atoms with Crippen molar-refractivity contribution in [1.29, 1.82) is 0 Å². The Balaban J connectivity index is 1.35. The summed E-state index contributed by atoms with van der Waals surface area (Å²) >= 11 is 0. The van der Waals surface area contributed by atoms with Crippen LogP contribution in [0, 0.1) is 0 Å². The number of aromatic nitrogens is 2. The second-order valence-electron chi connectivity index (χ2n) is 7.35. The summed E-state index contributed by atoms with van der Waals surface area (Å²) in [6.45, 7) is 2.62. The summed E-state index contributed by atoms with van der Waals surface area (Å²) in [5.74, 6) is 2.38. The number of fused-ring (bicyclic) bond motifs is 2. The van der Waals surface area contributed by atoms with E-state index in [2.05, 4.69) is 34.9 Å². The summed E-state index contributed by atoms with van der Waals surface area (Å²) in [4.78, 5) is 9.67. The Bertz CT molecular complexity index is 762. The van der Waals surface area contributed by atoms with E-state index >= 15 is 0 Å². The molecule has 1 fully saturated rings. The Hall–Kier alpha value is -2.14. The average molecular weight is 336 g/mol. The summed E-state index contributed by atoms with van der Waals surface area (Å²) < 4.78 is 6.25. The number of rotatable bonds is 4. The fourth-order valence-corrected chi connectivity index (χ4v) is 3.83. The number of benzene rings is 1. The minimum atomic E-state index is 0.316. The zero-order valence-corrected chi connectivity index (χ0v) is 14.4. The molecule has 2 aliphatic heterocycles. The van der Waals surface area contributed by atoms with Crippen LogP contribution in [0.2, 0.25) is 0 Å². The Labute approximate surface area is 148 Å². The van der Waals surface area contributed by atoms with E-state index in [0.717, 1.165) is 44.1 Å². The van der Waals surface area contributed by atoms with Crippen molar-refractivity contribution in [3.8, 4) is 5.88 Å². The smallest absolute Gasteiger partial charge is 0.220 e. The predicted molar refractivity (Wildman–Crippen MR) is 97.3 cm³/mol. The molecule has 5 nitrogen and oxygen atoms in total. The van der Waals surface area contributed by atoms with E-state index in [1.807, 2.05) is 0 Å². The van der Waals surface area contributed by atoms with E-state index < -0.39 is 0 Å². The Morgan fingerprint density at radius 3 is 2.84 bits per heavy atom. The van der Waals surface area contributed by atoms with Crippen LogP contribution < -0.4 is 15.4 Å². The molecule has 2 N–H and O–H groups in total. The quantitative estimate of drug-likeness (QED) is 0.898. The molecule has 130 valence electrons. The average Bonchev–Trinajstić information content (AvgIpc) is 3.42. The lowest BCUT2D eigenvalue weighted by atomic mass is 10.1. The zero-order valence-electron chi connectivity index (χ0n) is 14.4. The highest BCUT2D eigenvalue weighted by Gasteiger charge is 2.30. The van der Waals surface area contributed by atoms with Gasteiger partial charge in [-0.05, 0) is 43.9 Å². The van der Waals surface area contributed by atoms with Crippen LogP contribution in [-0.4, -0.2) is 35.7 Å². The maximum Gasteiger partial charge on any atom is 0.220 e. The van der Waals surface area contributed by atoms with Crippen LogP contribution in [0.3, 0.4) is 0 Å². The van der Waals surface area contributed by atoms with Crippen LogP contribution in [-0.2, 0) is 19.3 Å². The second-order valence-corrected chi connectivity index (χ2v) is 7.35. The van der Waals surface area contributed by atoms with Gasteiger partial charge in [0.1, 0.15) is 12.4 Å². The van der Waals surface area contributed by atoms with E-state index in [1.165, 1.54) is 35.3 Å². The highest BCUT2D eigenvalue weighted by Crippen LogP contribution is 2.39. The number of ether oxygens (including phenoxy) is 1. The zero-order chi connectivity index (χ0) is 16.6. The van der Waals surface area contributed by atoms with Crippen LogP contribution in [0.4, 0.5) is 5.69 Å². The summed E-state index contributed by atoms with van der Waals surface area (Å²) in [7, 11) is 0. The first-order chi connectivity index (χ1) is 12.4. The third-order valence-electron chi connectivity index (χ3n) is 5.37. The third-order valence-corrected chi connectivity index (χ3v) is 5.37. The molecular weight excluding hydrogens is 312 g/mol. The number of nitrogens with one attached hydrogen (secondary N) is 2. The van der Waals surface area contributed by atoms with Gasteiger partial charge in [-0.1, -0.05) is 18.2 Å². The normalized spacial score (nSPS) is 21.8. The summed E-state index contributed by atoms with van der Waals surface area (Å²) in [6.07, 6.45) is 5.38. The highest BCUT2D eigenvalue weighted by atomic mass is 16.5. The van der Waals surface area contributed by atoms with Crippen molar-refractivity contribution < 1.29 is 4.74 Å². The molecule has 1 aromatic carbocycles. The number of hydrogen-bond donors (Lipinski definition) is 2. The van der Waals surface area contributed by atoms with Crippen molar-refractivity contribution in [2.45, 2.75) is 44.1 Å². The number of hydrogen-bond acceptors (Lipinski definition) is 5. The van der Waals surface area contributed by atoms with Gasteiger partial charge in [0.25, 0.3) is 0 Å². The standard InChI is InChI=1S/C20H24N4O/c1-2-4-17-14(3-1)11-15(22-17)12-25-20-16-7-9-21-10-8-18(16)23-19(24-20)13-5-6-13/h1-4,13,15,21-22H,5-12H2. The van der Waals surface area contributed by atoms with Crippen molar-refractivity contribution in [2.24, 2.45) is 0 Å². The van der Waals surface area contributed by atoms with E-state index in [4.69, 9.17) is 14.7 Å². The van der Waals surface area contributed by atoms with Gasteiger partial charge in [0, 0.05) is 30.1 Å². The molecule has 0 bridgehead atoms. The number of para-hydroxylation sites is 1. The first kappa shape index (κ1) is 15.1. The van der Waals surface area contributed by atoms with Crippen molar-refractivity contribution in [2.75, 3.05) is 25.0 Å². The molecule has 5 heteroatoms. The summed E-state index contributed by atoms with van der Waals surface area (Å²) in [6, 6.07) is 8.83. The van der Waals surface area contributed by atoms with Crippen molar-refractivity contribution in [1.82, 2.24) is 15.3 Å². The molecule has 0 spiro atoms. The molecule has 1 aliphatic carbocycles. The molecule has 1 saturated carbocycles. The lowest BCUT2D eigenvalue weighted by Gasteiger charge is -2.17. The van der Waals surface area contributed by atoms with Crippen LogP contribution >= 0.6 is 0 Å². The number of anilines is 1. The van der Waals surface area contributed by atoms with Gasteiger partial charge in [0.05, 0.1) is 11.7 Å². The molecule has 3 aliphatic rings. The molecule has 0 saturated heterocycles.